The number of rotatable bonds is 5. The van der Waals surface area contributed by atoms with E-state index < -0.39 is 21.4 Å². The van der Waals surface area contributed by atoms with Gasteiger partial charge in [-0.05, 0) is 42.2 Å². The molecule has 2 aromatic carbocycles. The highest BCUT2D eigenvalue weighted by molar-refractivity contribution is 7.89. The van der Waals surface area contributed by atoms with Gasteiger partial charge in [-0.3, -0.25) is 0 Å². The summed E-state index contributed by atoms with van der Waals surface area (Å²) in [4.78, 5) is -0.203. The summed E-state index contributed by atoms with van der Waals surface area (Å²) < 4.78 is 45.7. The average molecular weight is 365 g/mol. The van der Waals surface area contributed by atoms with Crippen LogP contribution in [0.3, 0.4) is 0 Å². The van der Waals surface area contributed by atoms with Crippen molar-refractivity contribution in [3.05, 3.63) is 59.4 Å². The van der Waals surface area contributed by atoms with Gasteiger partial charge in [0.25, 0.3) is 0 Å². The van der Waals surface area contributed by atoms with Crippen molar-refractivity contribution in [1.29, 1.82) is 0 Å². The van der Waals surface area contributed by atoms with Crippen LogP contribution in [0.2, 0.25) is 0 Å². The van der Waals surface area contributed by atoms with Gasteiger partial charge in [-0.1, -0.05) is 24.3 Å². The van der Waals surface area contributed by atoms with Crippen LogP contribution in [0.15, 0.2) is 47.4 Å². The van der Waals surface area contributed by atoms with E-state index in [1.54, 1.807) is 0 Å². The highest BCUT2D eigenvalue weighted by Crippen LogP contribution is 2.29. The Morgan fingerprint density at radius 1 is 1.24 bits per heavy atom. The number of methoxy groups -OCH3 is 1. The van der Waals surface area contributed by atoms with Gasteiger partial charge in [0, 0.05) is 13.0 Å². The van der Waals surface area contributed by atoms with Crippen LogP contribution in [-0.4, -0.2) is 32.8 Å². The molecule has 25 heavy (non-hydrogen) atoms. The Morgan fingerprint density at radius 3 is 2.64 bits per heavy atom. The number of sulfonamides is 1. The highest BCUT2D eigenvalue weighted by atomic mass is 32.2. The van der Waals surface area contributed by atoms with Crippen molar-refractivity contribution in [1.82, 2.24) is 4.72 Å². The van der Waals surface area contributed by atoms with Crippen molar-refractivity contribution < 1.29 is 22.7 Å². The molecule has 0 saturated heterocycles. The van der Waals surface area contributed by atoms with Crippen LogP contribution in [0.5, 0.6) is 5.75 Å². The second kappa shape index (κ2) is 6.74. The van der Waals surface area contributed by atoms with Crippen molar-refractivity contribution in [2.75, 3.05) is 13.7 Å². The first-order chi connectivity index (χ1) is 11.8. The first-order valence-electron chi connectivity index (χ1n) is 7.95. The topological polar surface area (TPSA) is 75.6 Å². The highest BCUT2D eigenvalue weighted by Gasteiger charge is 2.33. The van der Waals surface area contributed by atoms with E-state index in [1.165, 1.54) is 24.8 Å². The van der Waals surface area contributed by atoms with Crippen LogP contribution in [0.25, 0.3) is 0 Å². The molecule has 1 aliphatic rings. The lowest BCUT2D eigenvalue weighted by molar-refractivity contribution is 0.0317. The van der Waals surface area contributed by atoms with Crippen molar-refractivity contribution in [3.63, 3.8) is 0 Å². The Morgan fingerprint density at radius 2 is 1.96 bits per heavy atom. The number of hydrogen-bond donors (Lipinski definition) is 2. The minimum absolute atomic E-state index is 0.0264. The number of ether oxygens (including phenoxy) is 1. The zero-order valence-electron chi connectivity index (χ0n) is 13.8. The molecule has 1 aliphatic carbocycles. The zero-order valence-corrected chi connectivity index (χ0v) is 14.6. The quantitative estimate of drug-likeness (QED) is 0.850. The van der Waals surface area contributed by atoms with Crippen LogP contribution in [-0.2, 0) is 22.9 Å². The Labute approximate surface area is 146 Å². The number of aryl methyl sites for hydroxylation is 1. The Kier molecular flexibility index (Phi) is 4.81. The lowest BCUT2D eigenvalue weighted by atomic mass is 9.80. The van der Waals surface area contributed by atoms with Gasteiger partial charge in [-0.2, -0.15) is 0 Å². The largest absolute Gasteiger partial charge is 0.494 e. The van der Waals surface area contributed by atoms with Crippen LogP contribution in [0.4, 0.5) is 4.39 Å². The normalized spacial score (nSPS) is 20.1. The van der Waals surface area contributed by atoms with E-state index in [0.717, 1.165) is 11.6 Å². The number of fused-ring (bicyclic) bond motifs is 1. The Bertz CT molecular complexity index is 884. The van der Waals surface area contributed by atoms with Crippen LogP contribution >= 0.6 is 0 Å². The van der Waals surface area contributed by atoms with Crippen molar-refractivity contribution in [2.24, 2.45) is 0 Å². The van der Waals surface area contributed by atoms with Crippen molar-refractivity contribution in [3.8, 4) is 5.75 Å². The minimum Gasteiger partial charge on any atom is -0.494 e. The Balaban J connectivity index is 1.73. The number of halogens is 1. The molecule has 0 amide bonds. The van der Waals surface area contributed by atoms with Crippen molar-refractivity contribution >= 4 is 10.0 Å². The molecule has 0 spiro atoms. The molecule has 134 valence electrons. The summed E-state index contributed by atoms with van der Waals surface area (Å²) in [5.41, 5.74) is 1.03. The van der Waals surface area contributed by atoms with E-state index >= 15 is 0 Å². The molecule has 0 saturated carbocycles. The third-order valence-electron chi connectivity index (χ3n) is 4.52. The molecule has 0 aliphatic heterocycles. The van der Waals surface area contributed by atoms with Crippen LogP contribution in [0, 0.1) is 5.82 Å². The molecule has 2 aromatic rings. The SMILES string of the molecule is COc1ccc(S(=O)(=O)NCC2(O)CCc3ccccc3C2)cc1F. The predicted molar refractivity (Wildman–Crippen MR) is 91.6 cm³/mol. The van der Waals surface area contributed by atoms with E-state index in [9.17, 15) is 17.9 Å². The third kappa shape index (κ3) is 3.84. The van der Waals surface area contributed by atoms with Gasteiger partial charge in [0.2, 0.25) is 10.0 Å². The third-order valence-corrected chi connectivity index (χ3v) is 5.92. The second-order valence-corrected chi connectivity index (χ2v) is 8.06. The standard InChI is InChI=1S/C18H20FNO4S/c1-24-17-7-6-15(10-16(17)19)25(22,23)20-12-18(21)9-8-13-4-2-3-5-14(13)11-18/h2-7,10,20-21H,8-9,11-12H2,1H3. The molecular formula is C18H20FNO4S. The fourth-order valence-corrected chi connectivity index (χ4v) is 4.19. The molecule has 1 atom stereocenters. The lowest BCUT2D eigenvalue weighted by Crippen LogP contribution is -2.46. The van der Waals surface area contributed by atoms with Gasteiger partial charge in [-0.25, -0.2) is 17.5 Å². The lowest BCUT2D eigenvalue weighted by Gasteiger charge is -2.33. The summed E-state index contributed by atoms with van der Waals surface area (Å²) in [5.74, 6) is -0.780. The summed E-state index contributed by atoms with van der Waals surface area (Å²) in [7, 11) is -2.62. The van der Waals surface area contributed by atoms with E-state index in [-0.39, 0.29) is 17.2 Å². The molecule has 2 N–H and O–H groups in total. The second-order valence-electron chi connectivity index (χ2n) is 6.29. The maximum atomic E-state index is 13.7. The molecule has 0 radical (unpaired) electrons. The average Bonchev–Trinajstić information content (AvgIpc) is 2.60. The molecule has 0 heterocycles. The summed E-state index contributed by atoms with van der Waals surface area (Å²) in [6, 6.07) is 11.2. The summed E-state index contributed by atoms with van der Waals surface area (Å²) in [6.07, 6.45) is 1.53. The van der Waals surface area contributed by atoms with Crippen LogP contribution in [0.1, 0.15) is 17.5 Å². The molecule has 7 heteroatoms. The minimum atomic E-state index is -3.93. The zero-order chi connectivity index (χ0) is 18.1. The number of nitrogens with one attached hydrogen (secondary N) is 1. The fraction of sp³-hybridized carbons (Fsp3) is 0.333. The molecule has 0 fully saturated rings. The van der Waals surface area contributed by atoms with Gasteiger partial charge in [0.15, 0.2) is 11.6 Å². The first kappa shape index (κ1) is 17.8. The van der Waals surface area contributed by atoms with E-state index in [0.29, 0.717) is 19.3 Å². The van der Waals surface area contributed by atoms with Gasteiger partial charge in [0.05, 0.1) is 17.6 Å². The summed E-state index contributed by atoms with van der Waals surface area (Å²) >= 11 is 0. The van der Waals surface area contributed by atoms with Gasteiger partial charge in [-0.15, -0.1) is 0 Å². The smallest absolute Gasteiger partial charge is 0.240 e. The summed E-state index contributed by atoms with van der Waals surface area (Å²) in [6.45, 7) is -0.128. The number of benzene rings is 2. The van der Waals surface area contributed by atoms with Gasteiger partial charge in [0.1, 0.15) is 0 Å². The van der Waals surface area contributed by atoms with E-state index in [4.69, 9.17) is 4.74 Å². The van der Waals surface area contributed by atoms with E-state index in [2.05, 4.69) is 4.72 Å². The molecular weight excluding hydrogens is 345 g/mol. The molecule has 3 rings (SSSR count). The maximum Gasteiger partial charge on any atom is 0.240 e. The van der Waals surface area contributed by atoms with Gasteiger partial charge >= 0.3 is 0 Å². The van der Waals surface area contributed by atoms with E-state index in [1.807, 2.05) is 24.3 Å². The van der Waals surface area contributed by atoms with Gasteiger partial charge < -0.3 is 9.84 Å². The van der Waals surface area contributed by atoms with Crippen molar-refractivity contribution in [2.45, 2.75) is 29.8 Å². The molecule has 0 aromatic heterocycles. The summed E-state index contributed by atoms with van der Waals surface area (Å²) in [5, 5.41) is 10.7. The number of aliphatic hydroxyl groups is 1. The monoisotopic (exact) mass is 365 g/mol. The van der Waals surface area contributed by atoms with Crippen LogP contribution < -0.4 is 9.46 Å². The number of hydrogen-bond acceptors (Lipinski definition) is 4. The maximum absolute atomic E-state index is 13.7. The molecule has 0 bridgehead atoms. The molecule has 1 unspecified atom stereocenters. The predicted octanol–water partition coefficient (Wildman–Crippen LogP) is 2.03. The molecule has 5 nitrogen and oxygen atoms in total. The Hall–Kier alpha value is -1.96. The first-order valence-corrected chi connectivity index (χ1v) is 9.44. The fourth-order valence-electron chi connectivity index (χ4n) is 3.06.